The largest absolute Gasteiger partial charge is 0.496 e. The number of aromatic nitrogens is 1. The summed E-state index contributed by atoms with van der Waals surface area (Å²) in [7, 11) is 1.52. The molecule has 1 aromatic carbocycles. The van der Waals surface area contributed by atoms with E-state index in [1.807, 2.05) is 0 Å². The summed E-state index contributed by atoms with van der Waals surface area (Å²) in [4.78, 5) is 14.7. The number of hydrogen-bond acceptors (Lipinski definition) is 3. The SMILES string of the molecule is COc1cc2nccc(Cl)c2cc1/C=C/C(=O)O. The highest BCUT2D eigenvalue weighted by atomic mass is 35.5. The lowest BCUT2D eigenvalue weighted by Gasteiger charge is -2.07. The van der Waals surface area contributed by atoms with E-state index in [0.29, 0.717) is 21.9 Å². The van der Waals surface area contributed by atoms with E-state index in [9.17, 15) is 4.79 Å². The molecule has 2 aromatic rings. The fourth-order valence-corrected chi connectivity index (χ4v) is 1.83. The highest BCUT2D eigenvalue weighted by Gasteiger charge is 2.06. The van der Waals surface area contributed by atoms with Gasteiger partial charge >= 0.3 is 5.97 Å². The molecule has 0 radical (unpaired) electrons. The van der Waals surface area contributed by atoms with Gasteiger partial charge in [-0.05, 0) is 18.2 Å². The third-order valence-corrected chi connectivity index (χ3v) is 2.77. The summed E-state index contributed by atoms with van der Waals surface area (Å²) in [5, 5.41) is 9.96. The molecule has 0 unspecified atom stereocenters. The van der Waals surface area contributed by atoms with Crippen LogP contribution in [0.15, 0.2) is 30.5 Å². The smallest absolute Gasteiger partial charge is 0.328 e. The summed E-state index contributed by atoms with van der Waals surface area (Å²) >= 11 is 6.07. The number of methoxy groups -OCH3 is 1. The minimum Gasteiger partial charge on any atom is -0.496 e. The second-order valence-corrected chi connectivity index (χ2v) is 3.98. The molecular weight excluding hydrogens is 254 g/mol. The first-order chi connectivity index (χ1) is 8.61. The Morgan fingerprint density at radius 3 is 2.94 bits per heavy atom. The van der Waals surface area contributed by atoms with E-state index in [1.54, 1.807) is 24.4 Å². The van der Waals surface area contributed by atoms with Crippen LogP contribution in [0.3, 0.4) is 0 Å². The van der Waals surface area contributed by atoms with Crippen molar-refractivity contribution < 1.29 is 14.6 Å². The van der Waals surface area contributed by atoms with E-state index in [4.69, 9.17) is 21.4 Å². The van der Waals surface area contributed by atoms with Gasteiger partial charge in [-0.1, -0.05) is 11.6 Å². The van der Waals surface area contributed by atoms with E-state index in [2.05, 4.69) is 4.98 Å². The van der Waals surface area contributed by atoms with Crippen LogP contribution < -0.4 is 4.74 Å². The van der Waals surface area contributed by atoms with Gasteiger partial charge in [-0.25, -0.2) is 4.79 Å². The van der Waals surface area contributed by atoms with Crippen molar-refractivity contribution in [1.82, 2.24) is 4.98 Å². The van der Waals surface area contributed by atoms with E-state index < -0.39 is 5.97 Å². The number of nitrogens with zero attached hydrogens (tertiary/aromatic N) is 1. The van der Waals surface area contributed by atoms with Crippen LogP contribution in [0.5, 0.6) is 5.75 Å². The molecule has 1 heterocycles. The van der Waals surface area contributed by atoms with Crippen molar-refractivity contribution in [2.75, 3.05) is 7.11 Å². The van der Waals surface area contributed by atoms with Crippen molar-refractivity contribution >= 4 is 34.5 Å². The molecule has 0 atom stereocenters. The van der Waals surface area contributed by atoms with E-state index >= 15 is 0 Å². The molecule has 0 fully saturated rings. The molecule has 0 amide bonds. The number of hydrogen-bond donors (Lipinski definition) is 1. The Hall–Kier alpha value is -2.07. The number of aliphatic carboxylic acids is 1. The topological polar surface area (TPSA) is 59.4 Å². The number of carbonyl (C=O) groups is 1. The molecule has 4 nitrogen and oxygen atoms in total. The molecule has 0 bridgehead atoms. The Morgan fingerprint density at radius 2 is 2.28 bits per heavy atom. The molecular formula is C13H10ClNO3. The molecule has 0 aliphatic heterocycles. The normalized spacial score (nSPS) is 11.0. The molecule has 1 N–H and O–H groups in total. The first-order valence-corrected chi connectivity index (χ1v) is 5.53. The maximum absolute atomic E-state index is 10.5. The average molecular weight is 264 g/mol. The number of pyridine rings is 1. The first-order valence-electron chi connectivity index (χ1n) is 5.15. The van der Waals surface area contributed by atoms with Gasteiger partial charge in [-0.2, -0.15) is 0 Å². The zero-order valence-electron chi connectivity index (χ0n) is 9.55. The summed E-state index contributed by atoms with van der Waals surface area (Å²) in [6.45, 7) is 0. The predicted molar refractivity (Wildman–Crippen MR) is 70.0 cm³/mol. The van der Waals surface area contributed by atoms with Gasteiger partial charge in [0, 0.05) is 29.3 Å². The fourth-order valence-electron chi connectivity index (χ4n) is 1.62. The molecule has 2 rings (SSSR count). The Kier molecular flexibility index (Phi) is 3.48. The zero-order chi connectivity index (χ0) is 13.1. The van der Waals surface area contributed by atoms with Crippen molar-refractivity contribution in [2.24, 2.45) is 0 Å². The maximum atomic E-state index is 10.5. The second kappa shape index (κ2) is 5.06. The molecule has 0 aliphatic rings. The lowest BCUT2D eigenvalue weighted by molar-refractivity contribution is -0.131. The van der Waals surface area contributed by atoms with Gasteiger partial charge < -0.3 is 9.84 Å². The number of ether oxygens (including phenoxy) is 1. The van der Waals surface area contributed by atoms with Gasteiger partial charge in [0.2, 0.25) is 0 Å². The van der Waals surface area contributed by atoms with Crippen LogP contribution in [0.4, 0.5) is 0 Å². The highest BCUT2D eigenvalue weighted by molar-refractivity contribution is 6.35. The van der Waals surface area contributed by atoms with Crippen molar-refractivity contribution in [3.8, 4) is 5.75 Å². The number of carboxylic acids is 1. The van der Waals surface area contributed by atoms with Crippen LogP contribution in [0.25, 0.3) is 17.0 Å². The van der Waals surface area contributed by atoms with Gasteiger partial charge in [-0.3, -0.25) is 4.98 Å². The van der Waals surface area contributed by atoms with Crippen molar-refractivity contribution in [1.29, 1.82) is 0 Å². The summed E-state index contributed by atoms with van der Waals surface area (Å²) in [6.07, 6.45) is 4.12. The third kappa shape index (κ3) is 2.43. The van der Waals surface area contributed by atoms with Gasteiger partial charge in [0.25, 0.3) is 0 Å². The Balaban J connectivity index is 2.64. The van der Waals surface area contributed by atoms with Gasteiger partial charge in [0.05, 0.1) is 17.6 Å². The Morgan fingerprint density at radius 1 is 1.50 bits per heavy atom. The van der Waals surface area contributed by atoms with Crippen molar-refractivity contribution in [3.05, 3.63) is 41.1 Å². The molecule has 5 heteroatoms. The number of halogens is 1. The highest BCUT2D eigenvalue weighted by Crippen LogP contribution is 2.29. The Labute approximate surface area is 108 Å². The van der Waals surface area contributed by atoms with Crippen LogP contribution >= 0.6 is 11.6 Å². The zero-order valence-corrected chi connectivity index (χ0v) is 10.3. The lowest BCUT2D eigenvalue weighted by Crippen LogP contribution is -1.91. The summed E-state index contributed by atoms with van der Waals surface area (Å²) in [6, 6.07) is 5.16. The van der Waals surface area contributed by atoms with Crippen LogP contribution in [0.1, 0.15) is 5.56 Å². The van der Waals surface area contributed by atoms with Crippen LogP contribution in [-0.2, 0) is 4.79 Å². The quantitative estimate of drug-likeness (QED) is 0.865. The molecule has 0 saturated heterocycles. The predicted octanol–water partition coefficient (Wildman–Crippen LogP) is 2.99. The minimum atomic E-state index is -1.02. The van der Waals surface area contributed by atoms with E-state index in [1.165, 1.54) is 13.2 Å². The third-order valence-electron chi connectivity index (χ3n) is 2.45. The minimum absolute atomic E-state index is 0.551. The van der Waals surface area contributed by atoms with Gasteiger partial charge in [0.15, 0.2) is 0 Å². The second-order valence-electron chi connectivity index (χ2n) is 3.58. The van der Waals surface area contributed by atoms with Crippen LogP contribution in [-0.4, -0.2) is 23.2 Å². The van der Waals surface area contributed by atoms with Crippen LogP contribution in [0.2, 0.25) is 5.02 Å². The average Bonchev–Trinajstić information content (AvgIpc) is 2.36. The molecule has 92 valence electrons. The molecule has 0 spiro atoms. The number of benzene rings is 1. The standard InChI is InChI=1S/C13H10ClNO3/c1-18-12-7-11-9(10(14)4-5-15-11)6-8(12)2-3-13(16)17/h2-7H,1H3,(H,16,17)/b3-2+. The number of carboxylic acid groups (broad SMARTS) is 1. The van der Waals surface area contributed by atoms with Gasteiger partial charge in [-0.15, -0.1) is 0 Å². The Bertz CT molecular complexity index is 637. The first kappa shape index (κ1) is 12.4. The van der Waals surface area contributed by atoms with Crippen LogP contribution in [0, 0.1) is 0 Å². The van der Waals surface area contributed by atoms with E-state index in [0.717, 1.165) is 11.5 Å². The number of fused-ring (bicyclic) bond motifs is 1. The van der Waals surface area contributed by atoms with Gasteiger partial charge in [0.1, 0.15) is 5.75 Å². The number of rotatable bonds is 3. The molecule has 18 heavy (non-hydrogen) atoms. The molecule has 0 aliphatic carbocycles. The monoisotopic (exact) mass is 263 g/mol. The van der Waals surface area contributed by atoms with Crippen molar-refractivity contribution in [2.45, 2.75) is 0 Å². The van der Waals surface area contributed by atoms with Crippen molar-refractivity contribution in [3.63, 3.8) is 0 Å². The summed E-state index contributed by atoms with van der Waals surface area (Å²) < 4.78 is 5.20. The molecule has 0 saturated carbocycles. The maximum Gasteiger partial charge on any atom is 0.328 e. The summed E-state index contributed by atoms with van der Waals surface area (Å²) in [5.41, 5.74) is 1.34. The lowest BCUT2D eigenvalue weighted by atomic mass is 10.1. The van der Waals surface area contributed by atoms with E-state index in [-0.39, 0.29) is 0 Å². The molecule has 1 aromatic heterocycles. The summed E-state index contributed by atoms with van der Waals surface area (Å²) in [5.74, 6) is -0.468. The fraction of sp³-hybridized carbons (Fsp3) is 0.0769.